The lowest BCUT2D eigenvalue weighted by Crippen LogP contribution is -2.50. The number of carbonyl (C=O) groups excluding carboxylic acids is 3. The van der Waals surface area contributed by atoms with E-state index in [9.17, 15) is 18.8 Å². The predicted molar refractivity (Wildman–Crippen MR) is 149 cm³/mol. The van der Waals surface area contributed by atoms with Crippen molar-refractivity contribution in [2.24, 2.45) is 4.99 Å². The van der Waals surface area contributed by atoms with Crippen molar-refractivity contribution < 1.29 is 18.8 Å². The van der Waals surface area contributed by atoms with Gasteiger partial charge in [0.25, 0.3) is 5.91 Å². The molecule has 0 fully saturated rings. The number of para-hydroxylation sites is 1. The van der Waals surface area contributed by atoms with E-state index in [0.717, 1.165) is 0 Å². The summed E-state index contributed by atoms with van der Waals surface area (Å²) in [7, 11) is 0. The van der Waals surface area contributed by atoms with Gasteiger partial charge in [-0.3, -0.25) is 9.59 Å². The Morgan fingerprint density at radius 2 is 1.62 bits per heavy atom. The number of nitrogens with one attached hydrogen (secondary N) is 2. The van der Waals surface area contributed by atoms with Crippen LogP contribution in [-0.4, -0.2) is 36.1 Å². The normalized spacial score (nSPS) is 14.6. The zero-order valence-corrected chi connectivity index (χ0v) is 21.2. The minimum atomic E-state index is -1.39. The number of ketones is 1. The topological polar surface area (TPSA) is 90.9 Å². The van der Waals surface area contributed by atoms with Gasteiger partial charge in [-0.15, -0.1) is 0 Å². The fourth-order valence-electron chi connectivity index (χ4n) is 4.29. The molecule has 0 saturated heterocycles. The third kappa shape index (κ3) is 5.71. The number of Topliss-reactive ketones (excluding diaryl/α,β-unsaturated/α-hetero) is 1. The lowest BCUT2D eigenvalue weighted by molar-refractivity contribution is -0.120. The molecule has 2 N–H and O–H groups in total. The molecule has 0 aromatic heterocycles. The van der Waals surface area contributed by atoms with E-state index in [4.69, 9.17) is 11.6 Å². The molecule has 4 aromatic carbocycles. The molecule has 1 heterocycles. The van der Waals surface area contributed by atoms with Gasteiger partial charge in [-0.25, -0.2) is 14.2 Å². The fraction of sp³-hybridized carbons (Fsp3) is 0.0667. The highest BCUT2D eigenvalue weighted by atomic mass is 35.5. The molecule has 1 unspecified atom stereocenters. The molecular weight excluding hydrogens is 519 g/mol. The Bertz CT molecular complexity index is 1590. The van der Waals surface area contributed by atoms with Gasteiger partial charge in [0.05, 0.1) is 23.5 Å². The number of anilines is 2. The van der Waals surface area contributed by atoms with Gasteiger partial charge in [0.15, 0.2) is 5.78 Å². The van der Waals surface area contributed by atoms with E-state index in [0.29, 0.717) is 33.2 Å². The maximum Gasteiger partial charge on any atom is 0.321 e. The van der Waals surface area contributed by atoms with Crippen molar-refractivity contribution in [3.63, 3.8) is 0 Å². The number of urea groups is 1. The number of hydrogen-bond acceptors (Lipinski definition) is 4. The summed E-state index contributed by atoms with van der Waals surface area (Å²) in [6.45, 7) is -0.456. The van der Waals surface area contributed by atoms with Crippen LogP contribution in [0.15, 0.2) is 108 Å². The Labute approximate surface area is 228 Å². The molecule has 194 valence electrons. The maximum atomic E-state index is 14.4. The van der Waals surface area contributed by atoms with Gasteiger partial charge in [0.2, 0.25) is 6.17 Å². The molecule has 0 bridgehead atoms. The van der Waals surface area contributed by atoms with Gasteiger partial charge in [0.1, 0.15) is 5.82 Å². The van der Waals surface area contributed by atoms with Crippen molar-refractivity contribution in [1.29, 1.82) is 0 Å². The lowest BCUT2D eigenvalue weighted by Gasteiger charge is -2.25. The van der Waals surface area contributed by atoms with Crippen molar-refractivity contribution >= 4 is 46.4 Å². The molecule has 0 radical (unpaired) electrons. The van der Waals surface area contributed by atoms with E-state index in [1.807, 2.05) is 30.3 Å². The average molecular weight is 541 g/mol. The highest BCUT2D eigenvalue weighted by molar-refractivity contribution is 6.31. The van der Waals surface area contributed by atoms with E-state index >= 15 is 0 Å². The van der Waals surface area contributed by atoms with Crippen LogP contribution in [0.3, 0.4) is 0 Å². The van der Waals surface area contributed by atoms with Gasteiger partial charge < -0.3 is 15.5 Å². The van der Waals surface area contributed by atoms with Crippen molar-refractivity contribution in [3.05, 3.63) is 131 Å². The Morgan fingerprint density at radius 1 is 0.897 bits per heavy atom. The third-order valence-corrected chi connectivity index (χ3v) is 6.32. The Kier molecular flexibility index (Phi) is 7.47. The van der Waals surface area contributed by atoms with E-state index in [-0.39, 0.29) is 5.56 Å². The molecule has 1 aliphatic rings. The zero-order valence-electron chi connectivity index (χ0n) is 20.5. The predicted octanol–water partition coefficient (Wildman–Crippen LogP) is 5.69. The van der Waals surface area contributed by atoms with Crippen LogP contribution < -0.4 is 15.5 Å². The van der Waals surface area contributed by atoms with Crippen LogP contribution in [0.1, 0.15) is 21.5 Å². The molecule has 5 rings (SSSR count). The van der Waals surface area contributed by atoms with Crippen molar-refractivity contribution in [1.82, 2.24) is 5.32 Å². The van der Waals surface area contributed by atoms with E-state index in [1.54, 1.807) is 54.6 Å². The molecule has 4 aromatic rings. The summed E-state index contributed by atoms with van der Waals surface area (Å²) < 4.78 is 14.4. The minimum Gasteiger partial charge on any atom is -0.308 e. The number of halogens is 2. The Balaban J connectivity index is 1.54. The minimum absolute atomic E-state index is 0.139. The van der Waals surface area contributed by atoms with E-state index < -0.39 is 36.2 Å². The first kappa shape index (κ1) is 25.8. The van der Waals surface area contributed by atoms with Crippen molar-refractivity contribution in [3.8, 4) is 0 Å². The third-order valence-electron chi connectivity index (χ3n) is 6.08. The first-order valence-electron chi connectivity index (χ1n) is 12.1. The summed E-state index contributed by atoms with van der Waals surface area (Å²) in [5.74, 6) is -1.93. The zero-order chi connectivity index (χ0) is 27.4. The number of rotatable bonds is 6. The second-order valence-electron chi connectivity index (χ2n) is 8.70. The number of aliphatic imine (C=N–C) groups is 1. The summed E-state index contributed by atoms with van der Waals surface area (Å²) in [6.07, 6.45) is -1.39. The number of hydrogen-bond donors (Lipinski definition) is 2. The number of carbonyl (C=O) groups is 3. The molecule has 1 aliphatic heterocycles. The van der Waals surface area contributed by atoms with Crippen LogP contribution in [-0.2, 0) is 4.79 Å². The number of fused-ring (bicyclic) bond motifs is 1. The van der Waals surface area contributed by atoms with Crippen LogP contribution in [0, 0.1) is 5.82 Å². The van der Waals surface area contributed by atoms with Crippen molar-refractivity contribution in [2.75, 3.05) is 16.8 Å². The van der Waals surface area contributed by atoms with Gasteiger partial charge in [-0.05, 0) is 36.4 Å². The number of benzene rings is 4. The fourth-order valence-corrected chi connectivity index (χ4v) is 4.48. The smallest absolute Gasteiger partial charge is 0.308 e. The summed E-state index contributed by atoms with van der Waals surface area (Å²) >= 11 is 6.02. The number of nitrogens with zero attached hydrogens (tertiary/aromatic N) is 2. The maximum absolute atomic E-state index is 14.4. The van der Waals surface area contributed by atoms with Gasteiger partial charge in [0, 0.05) is 21.8 Å². The molecular formula is C30H22ClFN4O3. The second kappa shape index (κ2) is 11.3. The Hall–Kier alpha value is -4.82. The van der Waals surface area contributed by atoms with Gasteiger partial charge in [-0.1, -0.05) is 78.3 Å². The molecule has 1 atom stereocenters. The van der Waals surface area contributed by atoms with Crippen LogP contribution in [0.25, 0.3) is 0 Å². The number of benzodiazepines with no additional fused rings is 1. The molecule has 9 heteroatoms. The van der Waals surface area contributed by atoms with Crippen LogP contribution in [0.4, 0.5) is 20.6 Å². The number of amides is 3. The van der Waals surface area contributed by atoms with Gasteiger partial charge >= 0.3 is 6.03 Å². The molecule has 7 nitrogen and oxygen atoms in total. The average Bonchev–Trinajstić information content (AvgIpc) is 3.04. The monoisotopic (exact) mass is 540 g/mol. The summed E-state index contributed by atoms with van der Waals surface area (Å²) in [6, 6.07) is 27.6. The highest BCUT2D eigenvalue weighted by Gasteiger charge is 2.34. The Morgan fingerprint density at radius 3 is 2.38 bits per heavy atom. The molecule has 39 heavy (non-hydrogen) atoms. The van der Waals surface area contributed by atoms with E-state index in [1.165, 1.54) is 23.1 Å². The first-order valence-corrected chi connectivity index (χ1v) is 12.4. The SMILES string of the molecule is O=C(Nc1cccc(Cl)c1)NC1N=C(c2ccccc2)c2ccccc2N(CC(=O)c2ccccc2F)C1=O. The summed E-state index contributed by atoms with van der Waals surface area (Å²) in [4.78, 5) is 45.9. The first-order chi connectivity index (χ1) is 18.9. The molecule has 3 amide bonds. The second-order valence-corrected chi connectivity index (χ2v) is 9.14. The lowest BCUT2D eigenvalue weighted by atomic mass is 10.00. The van der Waals surface area contributed by atoms with Crippen molar-refractivity contribution in [2.45, 2.75) is 6.17 Å². The summed E-state index contributed by atoms with van der Waals surface area (Å²) in [5, 5.41) is 5.68. The highest BCUT2D eigenvalue weighted by Crippen LogP contribution is 2.29. The molecule has 0 aliphatic carbocycles. The van der Waals surface area contributed by atoms with Crippen LogP contribution in [0.2, 0.25) is 5.02 Å². The van der Waals surface area contributed by atoms with Crippen LogP contribution >= 0.6 is 11.6 Å². The largest absolute Gasteiger partial charge is 0.321 e. The standard InChI is InChI=1S/C30H22ClFN4O3/c31-20-11-8-12-21(17-20)33-30(39)35-28-29(38)36(18-26(37)22-13-4-6-15-24(22)32)25-16-7-5-14-23(25)27(34-28)19-9-2-1-3-10-19/h1-17,28H,18H2,(H2,33,35,39). The molecule has 0 spiro atoms. The summed E-state index contributed by atoms with van der Waals surface area (Å²) in [5.41, 5.74) is 2.44. The molecule has 0 saturated carbocycles. The quantitative estimate of drug-likeness (QED) is 0.308. The van der Waals surface area contributed by atoms with Gasteiger partial charge in [-0.2, -0.15) is 0 Å². The van der Waals surface area contributed by atoms with Crippen LogP contribution in [0.5, 0.6) is 0 Å². The van der Waals surface area contributed by atoms with E-state index in [2.05, 4.69) is 15.6 Å².